The molecule has 0 unspecified atom stereocenters. The van der Waals surface area contributed by atoms with Gasteiger partial charge in [0.05, 0.1) is 24.7 Å². The lowest BCUT2D eigenvalue weighted by Gasteiger charge is -2.22. The first-order valence-corrected chi connectivity index (χ1v) is 9.20. The Kier molecular flexibility index (Phi) is 11.3. The van der Waals surface area contributed by atoms with Gasteiger partial charge in [0, 0.05) is 37.9 Å². The highest BCUT2D eigenvalue weighted by Gasteiger charge is 2.10. The smallest absolute Gasteiger partial charge is 0.328 e. The zero-order valence-electron chi connectivity index (χ0n) is 15.8. The molecular formula is C19H29N3O5. The Morgan fingerprint density at radius 1 is 1.19 bits per heavy atom. The van der Waals surface area contributed by atoms with E-state index in [2.05, 4.69) is 28.2 Å². The van der Waals surface area contributed by atoms with E-state index in [1.807, 2.05) is 12.4 Å². The topological polar surface area (TPSA) is 112 Å². The molecule has 1 aromatic rings. The summed E-state index contributed by atoms with van der Waals surface area (Å²) in [6.07, 6.45) is 9.61. The minimum Gasteiger partial charge on any atom is -0.492 e. The summed E-state index contributed by atoms with van der Waals surface area (Å²) in [7, 11) is 0. The van der Waals surface area contributed by atoms with Gasteiger partial charge in [0.15, 0.2) is 0 Å². The Hall–Kier alpha value is -2.61. The predicted molar refractivity (Wildman–Crippen MR) is 103 cm³/mol. The molecule has 1 saturated heterocycles. The van der Waals surface area contributed by atoms with Crippen molar-refractivity contribution in [3.63, 3.8) is 0 Å². The first-order chi connectivity index (χ1) is 13.0. The number of anilines is 1. The van der Waals surface area contributed by atoms with Gasteiger partial charge in [-0.1, -0.05) is 19.8 Å². The van der Waals surface area contributed by atoms with Crippen LogP contribution in [0.1, 0.15) is 32.6 Å². The fraction of sp³-hybridized carbons (Fsp3) is 0.526. The van der Waals surface area contributed by atoms with Crippen molar-refractivity contribution in [2.24, 2.45) is 0 Å². The fourth-order valence-electron chi connectivity index (χ4n) is 2.45. The van der Waals surface area contributed by atoms with Crippen molar-refractivity contribution in [2.75, 3.05) is 37.7 Å². The maximum Gasteiger partial charge on any atom is 0.328 e. The van der Waals surface area contributed by atoms with E-state index >= 15 is 0 Å². The second kappa shape index (κ2) is 13.6. The van der Waals surface area contributed by atoms with E-state index in [-0.39, 0.29) is 0 Å². The van der Waals surface area contributed by atoms with Crippen LogP contribution in [0.2, 0.25) is 0 Å². The summed E-state index contributed by atoms with van der Waals surface area (Å²) in [6.45, 7) is 7.28. The first kappa shape index (κ1) is 22.4. The zero-order valence-corrected chi connectivity index (χ0v) is 15.8. The van der Waals surface area contributed by atoms with Crippen LogP contribution in [0.3, 0.4) is 0 Å². The van der Waals surface area contributed by atoms with E-state index in [4.69, 9.17) is 14.9 Å². The van der Waals surface area contributed by atoms with Gasteiger partial charge >= 0.3 is 11.9 Å². The molecule has 1 fully saturated rings. The molecule has 150 valence electrons. The number of hydrogen-bond acceptors (Lipinski definition) is 6. The van der Waals surface area contributed by atoms with Gasteiger partial charge in [-0.2, -0.15) is 0 Å². The number of carboxylic acid groups (broad SMARTS) is 2. The molecule has 8 heteroatoms. The highest BCUT2D eigenvalue weighted by atomic mass is 16.5. The Bertz CT molecular complexity index is 583. The molecule has 0 aliphatic carbocycles. The molecule has 2 rings (SSSR count). The van der Waals surface area contributed by atoms with E-state index in [1.165, 1.54) is 24.9 Å². The standard InChI is InChI=1S/C15H25N3O.C4H4O4/c1-2-3-4-10-19-15-11-14(12-17-13-15)18-8-5-6-16-7-9-18;5-3(6)1-2-4(7)8/h11-13,16H,2-10H2,1H3;1-2H,(H,5,6)(H,7,8)/b;2-1+. The second-order valence-corrected chi connectivity index (χ2v) is 6.03. The van der Waals surface area contributed by atoms with Crippen LogP contribution in [0.4, 0.5) is 5.69 Å². The van der Waals surface area contributed by atoms with Crippen molar-refractivity contribution in [3.05, 3.63) is 30.6 Å². The van der Waals surface area contributed by atoms with E-state index < -0.39 is 11.9 Å². The number of carbonyl (C=O) groups is 2. The SMILES string of the molecule is CCCCCOc1cncc(N2CCCNCC2)c1.O=C(O)/C=C/C(=O)O. The van der Waals surface area contributed by atoms with Crippen LogP contribution in [-0.4, -0.2) is 59.9 Å². The van der Waals surface area contributed by atoms with E-state index in [9.17, 15) is 9.59 Å². The average Bonchev–Trinajstić information content (AvgIpc) is 2.94. The van der Waals surface area contributed by atoms with Crippen LogP contribution in [0, 0.1) is 0 Å². The van der Waals surface area contributed by atoms with Gasteiger partial charge in [-0.15, -0.1) is 0 Å². The zero-order chi connectivity index (χ0) is 19.9. The van der Waals surface area contributed by atoms with Crippen molar-refractivity contribution in [1.29, 1.82) is 0 Å². The average molecular weight is 379 g/mol. The van der Waals surface area contributed by atoms with Gasteiger partial charge in [0.1, 0.15) is 5.75 Å². The number of carboxylic acids is 2. The Balaban J connectivity index is 0.000000387. The van der Waals surface area contributed by atoms with E-state index in [0.717, 1.165) is 45.0 Å². The van der Waals surface area contributed by atoms with Crippen LogP contribution >= 0.6 is 0 Å². The third-order valence-corrected chi connectivity index (χ3v) is 3.79. The summed E-state index contributed by atoms with van der Waals surface area (Å²) in [6, 6.07) is 2.12. The summed E-state index contributed by atoms with van der Waals surface area (Å²) >= 11 is 0. The fourth-order valence-corrected chi connectivity index (χ4v) is 2.45. The van der Waals surface area contributed by atoms with Gasteiger partial charge in [-0.3, -0.25) is 4.98 Å². The third kappa shape index (κ3) is 10.9. The highest BCUT2D eigenvalue weighted by molar-refractivity contribution is 5.89. The summed E-state index contributed by atoms with van der Waals surface area (Å²) in [4.78, 5) is 25.8. The van der Waals surface area contributed by atoms with Gasteiger partial charge < -0.3 is 25.2 Å². The van der Waals surface area contributed by atoms with Crippen molar-refractivity contribution < 1.29 is 24.5 Å². The van der Waals surface area contributed by atoms with Gasteiger partial charge in [0.2, 0.25) is 0 Å². The number of aromatic nitrogens is 1. The monoisotopic (exact) mass is 379 g/mol. The summed E-state index contributed by atoms with van der Waals surface area (Å²) in [5.74, 6) is -1.62. The molecule has 0 aromatic carbocycles. The van der Waals surface area contributed by atoms with Crippen molar-refractivity contribution in [2.45, 2.75) is 32.6 Å². The molecule has 8 nitrogen and oxygen atoms in total. The lowest BCUT2D eigenvalue weighted by Crippen LogP contribution is -2.27. The molecule has 0 spiro atoms. The molecule has 1 aromatic heterocycles. The number of nitrogens with zero attached hydrogens (tertiary/aromatic N) is 2. The predicted octanol–water partition coefficient (Wildman–Crippen LogP) is 2.16. The van der Waals surface area contributed by atoms with E-state index in [0.29, 0.717) is 12.2 Å². The molecule has 0 bridgehead atoms. The van der Waals surface area contributed by atoms with Crippen LogP contribution in [-0.2, 0) is 9.59 Å². The summed E-state index contributed by atoms with van der Waals surface area (Å²) in [5, 5.41) is 19.0. The molecule has 0 amide bonds. The lowest BCUT2D eigenvalue weighted by atomic mass is 10.3. The Morgan fingerprint density at radius 3 is 2.59 bits per heavy atom. The Morgan fingerprint density at radius 2 is 1.93 bits per heavy atom. The van der Waals surface area contributed by atoms with Gasteiger partial charge in [0.25, 0.3) is 0 Å². The molecule has 3 N–H and O–H groups in total. The molecule has 27 heavy (non-hydrogen) atoms. The minimum atomic E-state index is -1.26. The van der Waals surface area contributed by atoms with Crippen LogP contribution in [0.15, 0.2) is 30.6 Å². The molecule has 2 heterocycles. The number of pyridine rings is 1. The second-order valence-electron chi connectivity index (χ2n) is 6.03. The number of ether oxygens (including phenoxy) is 1. The highest BCUT2D eigenvalue weighted by Crippen LogP contribution is 2.20. The van der Waals surface area contributed by atoms with Crippen molar-refractivity contribution in [1.82, 2.24) is 10.3 Å². The molecule has 1 aliphatic rings. The summed E-state index contributed by atoms with van der Waals surface area (Å²) < 4.78 is 5.77. The third-order valence-electron chi connectivity index (χ3n) is 3.79. The van der Waals surface area contributed by atoms with Crippen LogP contribution < -0.4 is 15.0 Å². The first-order valence-electron chi connectivity index (χ1n) is 9.20. The maximum absolute atomic E-state index is 9.55. The van der Waals surface area contributed by atoms with Crippen LogP contribution in [0.25, 0.3) is 0 Å². The largest absolute Gasteiger partial charge is 0.492 e. The molecular weight excluding hydrogens is 350 g/mol. The summed E-state index contributed by atoms with van der Waals surface area (Å²) in [5.41, 5.74) is 1.18. The van der Waals surface area contributed by atoms with Crippen molar-refractivity contribution >= 4 is 17.6 Å². The quantitative estimate of drug-likeness (QED) is 0.465. The normalized spacial score (nSPS) is 14.2. The lowest BCUT2D eigenvalue weighted by molar-refractivity contribution is -0.134. The number of nitrogens with one attached hydrogen (secondary N) is 1. The number of rotatable bonds is 8. The number of unbranched alkanes of at least 4 members (excludes halogenated alkanes) is 2. The van der Waals surface area contributed by atoms with Gasteiger partial charge in [-0.25, -0.2) is 9.59 Å². The van der Waals surface area contributed by atoms with Gasteiger partial charge in [-0.05, 0) is 19.4 Å². The molecule has 0 radical (unpaired) electrons. The van der Waals surface area contributed by atoms with Crippen molar-refractivity contribution in [3.8, 4) is 5.75 Å². The van der Waals surface area contributed by atoms with Crippen LogP contribution in [0.5, 0.6) is 5.75 Å². The number of aliphatic carboxylic acids is 2. The molecule has 0 saturated carbocycles. The minimum absolute atomic E-state index is 0.558. The maximum atomic E-state index is 9.55. The number of hydrogen-bond donors (Lipinski definition) is 3. The molecule has 1 aliphatic heterocycles. The molecule has 0 atom stereocenters. The van der Waals surface area contributed by atoms with E-state index in [1.54, 1.807) is 0 Å². The Labute approximate surface area is 159 Å².